The first-order valence-electron chi connectivity index (χ1n) is 8.45. The SMILES string of the molecule is Cc1ccc(CNC(=O)NCC(C(C)C)N2CCOCC2)cc1. The molecule has 2 rings (SSSR count). The van der Waals surface area contributed by atoms with Crippen LogP contribution in [0.3, 0.4) is 0 Å². The topological polar surface area (TPSA) is 53.6 Å². The lowest BCUT2D eigenvalue weighted by Gasteiger charge is -2.36. The van der Waals surface area contributed by atoms with Crippen molar-refractivity contribution in [2.75, 3.05) is 32.8 Å². The van der Waals surface area contributed by atoms with Crippen LogP contribution in [0.4, 0.5) is 4.79 Å². The molecule has 1 fully saturated rings. The maximum atomic E-state index is 12.0. The van der Waals surface area contributed by atoms with Crippen LogP contribution < -0.4 is 10.6 Å². The molecule has 1 aromatic carbocycles. The van der Waals surface area contributed by atoms with Gasteiger partial charge in [0.2, 0.25) is 0 Å². The number of urea groups is 1. The summed E-state index contributed by atoms with van der Waals surface area (Å²) in [4.78, 5) is 14.4. The second-order valence-corrected chi connectivity index (χ2v) is 6.51. The monoisotopic (exact) mass is 319 g/mol. The fourth-order valence-electron chi connectivity index (χ4n) is 2.84. The highest BCUT2D eigenvalue weighted by molar-refractivity contribution is 5.73. The van der Waals surface area contributed by atoms with Gasteiger partial charge in [-0.2, -0.15) is 0 Å². The second-order valence-electron chi connectivity index (χ2n) is 6.51. The Balaban J connectivity index is 1.75. The molecular weight excluding hydrogens is 290 g/mol. The normalized spacial score (nSPS) is 17.0. The number of benzene rings is 1. The van der Waals surface area contributed by atoms with Crippen LogP contribution in [-0.2, 0) is 11.3 Å². The van der Waals surface area contributed by atoms with Crippen LogP contribution in [-0.4, -0.2) is 49.8 Å². The molecule has 5 heteroatoms. The summed E-state index contributed by atoms with van der Waals surface area (Å²) in [5.74, 6) is 0.491. The molecule has 1 aliphatic heterocycles. The third kappa shape index (κ3) is 5.84. The van der Waals surface area contributed by atoms with Crippen molar-refractivity contribution in [1.82, 2.24) is 15.5 Å². The Bertz CT molecular complexity index is 482. The first-order valence-corrected chi connectivity index (χ1v) is 8.45. The number of nitrogens with one attached hydrogen (secondary N) is 2. The van der Waals surface area contributed by atoms with E-state index in [9.17, 15) is 4.79 Å². The summed E-state index contributed by atoms with van der Waals surface area (Å²) < 4.78 is 5.41. The quantitative estimate of drug-likeness (QED) is 0.845. The van der Waals surface area contributed by atoms with E-state index in [1.54, 1.807) is 0 Å². The molecule has 128 valence electrons. The summed E-state index contributed by atoms with van der Waals surface area (Å²) in [6, 6.07) is 8.44. The molecule has 1 atom stereocenters. The Morgan fingerprint density at radius 1 is 1.17 bits per heavy atom. The number of aryl methyl sites for hydroxylation is 1. The van der Waals surface area contributed by atoms with Crippen molar-refractivity contribution in [3.63, 3.8) is 0 Å². The zero-order valence-electron chi connectivity index (χ0n) is 14.5. The molecule has 1 saturated heterocycles. The van der Waals surface area contributed by atoms with E-state index in [2.05, 4.69) is 48.4 Å². The molecule has 0 spiro atoms. The number of hydrogen-bond acceptors (Lipinski definition) is 3. The number of ether oxygens (including phenoxy) is 1. The van der Waals surface area contributed by atoms with E-state index in [1.165, 1.54) is 5.56 Å². The van der Waals surface area contributed by atoms with Crippen LogP contribution >= 0.6 is 0 Å². The van der Waals surface area contributed by atoms with Crippen molar-refractivity contribution in [3.05, 3.63) is 35.4 Å². The Morgan fingerprint density at radius 3 is 2.43 bits per heavy atom. The van der Waals surface area contributed by atoms with Crippen LogP contribution in [0, 0.1) is 12.8 Å². The smallest absolute Gasteiger partial charge is 0.315 e. The molecule has 0 saturated carbocycles. The standard InChI is InChI=1S/C18H29N3O2/c1-14(2)17(21-8-10-23-11-9-21)13-20-18(22)19-12-16-6-4-15(3)5-7-16/h4-7,14,17H,8-13H2,1-3H3,(H2,19,20,22). The fourth-order valence-corrected chi connectivity index (χ4v) is 2.84. The first kappa shape index (κ1) is 17.8. The number of hydrogen-bond donors (Lipinski definition) is 2. The molecule has 0 aliphatic carbocycles. The van der Waals surface area contributed by atoms with E-state index in [0.29, 0.717) is 25.0 Å². The first-order chi connectivity index (χ1) is 11.1. The van der Waals surface area contributed by atoms with Crippen molar-refractivity contribution in [3.8, 4) is 0 Å². The Kier molecular flexibility index (Phi) is 6.86. The average molecular weight is 319 g/mol. The van der Waals surface area contributed by atoms with Crippen molar-refractivity contribution in [2.24, 2.45) is 5.92 Å². The highest BCUT2D eigenvalue weighted by Gasteiger charge is 2.24. The summed E-state index contributed by atoms with van der Waals surface area (Å²) in [7, 11) is 0. The highest BCUT2D eigenvalue weighted by Crippen LogP contribution is 2.12. The molecule has 1 heterocycles. The van der Waals surface area contributed by atoms with Gasteiger partial charge in [0, 0.05) is 32.2 Å². The summed E-state index contributed by atoms with van der Waals surface area (Å²) in [6.45, 7) is 11.1. The molecule has 1 unspecified atom stereocenters. The van der Waals surface area contributed by atoms with Gasteiger partial charge in [0.1, 0.15) is 0 Å². The molecule has 5 nitrogen and oxygen atoms in total. The molecule has 1 aliphatic rings. The summed E-state index contributed by atoms with van der Waals surface area (Å²) >= 11 is 0. The van der Waals surface area contributed by atoms with Gasteiger partial charge < -0.3 is 15.4 Å². The van der Waals surface area contributed by atoms with Gasteiger partial charge >= 0.3 is 6.03 Å². The van der Waals surface area contributed by atoms with E-state index >= 15 is 0 Å². The number of morpholine rings is 1. The van der Waals surface area contributed by atoms with Crippen LogP contribution in [0.2, 0.25) is 0 Å². The van der Waals surface area contributed by atoms with Gasteiger partial charge in [0.15, 0.2) is 0 Å². The largest absolute Gasteiger partial charge is 0.379 e. The van der Waals surface area contributed by atoms with Crippen LogP contribution in [0.5, 0.6) is 0 Å². The van der Waals surface area contributed by atoms with Crippen LogP contribution in [0.25, 0.3) is 0 Å². The van der Waals surface area contributed by atoms with Gasteiger partial charge in [0.05, 0.1) is 13.2 Å². The minimum absolute atomic E-state index is 0.107. The number of nitrogens with zero attached hydrogens (tertiary/aromatic N) is 1. The summed E-state index contributed by atoms with van der Waals surface area (Å²) in [5.41, 5.74) is 2.34. The molecule has 0 bridgehead atoms. The lowest BCUT2D eigenvalue weighted by Crippen LogP contribution is -2.52. The molecule has 0 radical (unpaired) electrons. The van der Waals surface area contributed by atoms with E-state index in [-0.39, 0.29) is 6.03 Å². The van der Waals surface area contributed by atoms with Gasteiger partial charge in [0.25, 0.3) is 0 Å². The summed E-state index contributed by atoms with van der Waals surface area (Å²) in [5, 5.41) is 5.93. The van der Waals surface area contributed by atoms with E-state index in [4.69, 9.17) is 4.74 Å². The maximum Gasteiger partial charge on any atom is 0.315 e. The van der Waals surface area contributed by atoms with Gasteiger partial charge in [-0.25, -0.2) is 4.79 Å². The lowest BCUT2D eigenvalue weighted by atomic mass is 10.0. The number of amides is 2. The van der Waals surface area contributed by atoms with E-state index in [0.717, 1.165) is 31.9 Å². The van der Waals surface area contributed by atoms with E-state index < -0.39 is 0 Å². The van der Waals surface area contributed by atoms with Gasteiger partial charge in [-0.3, -0.25) is 4.90 Å². The summed E-state index contributed by atoms with van der Waals surface area (Å²) in [6.07, 6.45) is 0. The highest BCUT2D eigenvalue weighted by atomic mass is 16.5. The Hall–Kier alpha value is -1.59. The minimum atomic E-state index is -0.107. The van der Waals surface area contributed by atoms with Gasteiger partial charge in [-0.05, 0) is 18.4 Å². The van der Waals surface area contributed by atoms with Crippen molar-refractivity contribution in [2.45, 2.75) is 33.4 Å². The molecular formula is C18H29N3O2. The predicted molar refractivity (Wildman–Crippen MR) is 92.4 cm³/mol. The van der Waals surface area contributed by atoms with Crippen molar-refractivity contribution in [1.29, 1.82) is 0 Å². The Morgan fingerprint density at radius 2 is 1.83 bits per heavy atom. The minimum Gasteiger partial charge on any atom is -0.379 e. The van der Waals surface area contributed by atoms with Crippen LogP contribution in [0.15, 0.2) is 24.3 Å². The van der Waals surface area contributed by atoms with E-state index in [1.807, 2.05) is 12.1 Å². The molecule has 2 N–H and O–H groups in total. The molecule has 23 heavy (non-hydrogen) atoms. The van der Waals surface area contributed by atoms with Crippen LogP contribution in [0.1, 0.15) is 25.0 Å². The third-order valence-electron chi connectivity index (χ3n) is 4.33. The van der Waals surface area contributed by atoms with Gasteiger partial charge in [-0.15, -0.1) is 0 Å². The fraction of sp³-hybridized carbons (Fsp3) is 0.611. The lowest BCUT2D eigenvalue weighted by molar-refractivity contribution is 0.00719. The number of carbonyl (C=O) groups is 1. The number of carbonyl (C=O) groups excluding carboxylic acids is 1. The zero-order chi connectivity index (χ0) is 16.7. The molecule has 1 aromatic rings. The average Bonchev–Trinajstić information content (AvgIpc) is 2.55. The zero-order valence-corrected chi connectivity index (χ0v) is 14.5. The van der Waals surface area contributed by atoms with Crippen molar-refractivity contribution < 1.29 is 9.53 Å². The predicted octanol–water partition coefficient (Wildman–Crippen LogP) is 2.15. The number of rotatable bonds is 6. The molecule has 0 aromatic heterocycles. The van der Waals surface area contributed by atoms with Crippen molar-refractivity contribution >= 4 is 6.03 Å². The Labute approximate surface area is 139 Å². The van der Waals surface area contributed by atoms with Gasteiger partial charge in [-0.1, -0.05) is 43.7 Å². The second kappa shape index (κ2) is 8.89. The maximum absolute atomic E-state index is 12.0. The third-order valence-corrected chi connectivity index (χ3v) is 4.33. The molecule has 2 amide bonds.